The number of sulfone groups is 1. The highest BCUT2D eigenvalue weighted by molar-refractivity contribution is 7.90. The standard InChI is InChI=1S/C22H33N3O2S/c1-19(2)16-25-21(17-24-13-9-4-3-5-10-14-24)15-23-22(25)28(26,27)18-20-11-7-6-8-12-20/h6-8,11-12,15,19H,3-5,9-10,13-14,16-18H2,1-2H3. The van der Waals surface area contributed by atoms with Crippen LogP contribution in [0.5, 0.6) is 0 Å². The second-order valence-corrected chi connectivity index (χ2v) is 10.2. The van der Waals surface area contributed by atoms with Crippen LogP contribution in [0, 0.1) is 5.92 Å². The van der Waals surface area contributed by atoms with E-state index < -0.39 is 9.84 Å². The minimum Gasteiger partial charge on any atom is -0.317 e. The zero-order valence-corrected chi connectivity index (χ0v) is 18.0. The van der Waals surface area contributed by atoms with E-state index in [1.165, 1.54) is 32.1 Å². The predicted octanol–water partition coefficient (Wildman–Crippen LogP) is 4.28. The van der Waals surface area contributed by atoms with Crippen molar-refractivity contribution in [2.75, 3.05) is 13.1 Å². The molecule has 0 N–H and O–H groups in total. The van der Waals surface area contributed by atoms with Gasteiger partial charge in [0.05, 0.1) is 17.6 Å². The van der Waals surface area contributed by atoms with E-state index in [4.69, 9.17) is 0 Å². The molecule has 5 nitrogen and oxygen atoms in total. The maximum Gasteiger partial charge on any atom is 0.228 e. The van der Waals surface area contributed by atoms with E-state index in [1.54, 1.807) is 6.20 Å². The van der Waals surface area contributed by atoms with Crippen molar-refractivity contribution in [3.8, 4) is 0 Å². The predicted molar refractivity (Wildman–Crippen MR) is 113 cm³/mol. The molecule has 0 spiro atoms. The van der Waals surface area contributed by atoms with Gasteiger partial charge < -0.3 is 4.57 Å². The number of hydrogen-bond donors (Lipinski definition) is 0. The van der Waals surface area contributed by atoms with Crippen molar-refractivity contribution in [1.29, 1.82) is 0 Å². The van der Waals surface area contributed by atoms with Crippen molar-refractivity contribution >= 4 is 9.84 Å². The van der Waals surface area contributed by atoms with Crippen LogP contribution in [0.3, 0.4) is 0 Å². The molecule has 28 heavy (non-hydrogen) atoms. The third-order valence-electron chi connectivity index (χ3n) is 5.26. The molecule has 6 heteroatoms. The number of hydrogen-bond acceptors (Lipinski definition) is 4. The highest BCUT2D eigenvalue weighted by atomic mass is 32.2. The highest BCUT2D eigenvalue weighted by Crippen LogP contribution is 2.21. The van der Waals surface area contributed by atoms with E-state index in [0.29, 0.717) is 12.5 Å². The Balaban J connectivity index is 1.84. The van der Waals surface area contributed by atoms with E-state index >= 15 is 0 Å². The maximum atomic E-state index is 13.1. The smallest absolute Gasteiger partial charge is 0.228 e. The van der Waals surface area contributed by atoms with Gasteiger partial charge in [0, 0.05) is 13.1 Å². The molecule has 1 aromatic heterocycles. The van der Waals surface area contributed by atoms with Gasteiger partial charge in [-0.05, 0) is 37.4 Å². The summed E-state index contributed by atoms with van der Waals surface area (Å²) >= 11 is 0. The van der Waals surface area contributed by atoms with Gasteiger partial charge in [-0.15, -0.1) is 0 Å². The van der Waals surface area contributed by atoms with Gasteiger partial charge in [-0.25, -0.2) is 13.4 Å². The Hall–Kier alpha value is -1.66. The second kappa shape index (κ2) is 9.70. The third kappa shape index (κ3) is 5.67. The van der Waals surface area contributed by atoms with Gasteiger partial charge in [0.15, 0.2) is 0 Å². The van der Waals surface area contributed by atoms with Gasteiger partial charge in [-0.1, -0.05) is 63.4 Å². The zero-order valence-electron chi connectivity index (χ0n) is 17.2. The first-order chi connectivity index (χ1) is 13.5. The minimum atomic E-state index is -3.49. The number of aromatic nitrogens is 2. The van der Waals surface area contributed by atoms with Crippen LogP contribution in [-0.4, -0.2) is 36.0 Å². The van der Waals surface area contributed by atoms with Gasteiger partial charge in [0.1, 0.15) is 0 Å². The molecule has 0 aliphatic carbocycles. The monoisotopic (exact) mass is 403 g/mol. The van der Waals surface area contributed by atoms with Gasteiger partial charge in [0.2, 0.25) is 15.0 Å². The maximum absolute atomic E-state index is 13.1. The van der Waals surface area contributed by atoms with Gasteiger partial charge in [-0.2, -0.15) is 0 Å². The molecule has 0 saturated carbocycles. The molecule has 0 atom stereocenters. The van der Waals surface area contributed by atoms with E-state index in [0.717, 1.165) is 30.9 Å². The van der Waals surface area contributed by atoms with Crippen LogP contribution in [0.15, 0.2) is 41.7 Å². The van der Waals surface area contributed by atoms with E-state index in [2.05, 4.69) is 23.7 Å². The van der Waals surface area contributed by atoms with Gasteiger partial charge in [-0.3, -0.25) is 4.90 Å². The summed E-state index contributed by atoms with van der Waals surface area (Å²) in [5, 5.41) is 0.215. The van der Waals surface area contributed by atoms with Crippen molar-refractivity contribution in [3.05, 3.63) is 47.8 Å². The molecule has 2 heterocycles. The summed E-state index contributed by atoms with van der Waals surface area (Å²) in [7, 11) is -3.49. The van der Waals surface area contributed by atoms with Crippen molar-refractivity contribution in [2.24, 2.45) is 5.92 Å². The topological polar surface area (TPSA) is 55.2 Å². The lowest BCUT2D eigenvalue weighted by Crippen LogP contribution is -2.28. The summed E-state index contributed by atoms with van der Waals surface area (Å²) in [6.45, 7) is 7.85. The summed E-state index contributed by atoms with van der Waals surface area (Å²) in [4.78, 5) is 6.85. The molecule has 1 aromatic carbocycles. The summed E-state index contributed by atoms with van der Waals surface area (Å²) in [6, 6.07) is 9.36. The fourth-order valence-corrected chi connectivity index (χ4v) is 5.39. The molecule has 1 fully saturated rings. The molecule has 0 bridgehead atoms. The SMILES string of the molecule is CC(C)Cn1c(CN2CCCCCCC2)cnc1S(=O)(=O)Cc1ccccc1. The van der Waals surface area contributed by atoms with Crippen molar-refractivity contribution in [2.45, 2.75) is 70.0 Å². The Kier molecular flexibility index (Phi) is 7.30. The third-order valence-corrected chi connectivity index (χ3v) is 6.86. The molecule has 0 radical (unpaired) electrons. The normalized spacial score (nSPS) is 16.8. The number of nitrogens with zero attached hydrogens (tertiary/aromatic N) is 3. The molecule has 0 unspecified atom stereocenters. The Morgan fingerprint density at radius 2 is 1.64 bits per heavy atom. The average molecular weight is 404 g/mol. The van der Waals surface area contributed by atoms with E-state index in [1.807, 2.05) is 34.9 Å². The Bertz CT molecular complexity index is 836. The molecule has 1 aliphatic rings. The molecule has 3 rings (SSSR count). The second-order valence-electron chi connectivity index (χ2n) is 8.33. The van der Waals surface area contributed by atoms with Crippen LogP contribution in [0.4, 0.5) is 0 Å². The lowest BCUT2D eigenvalue weighted by atomic mass is 10.1. The summed E-state index contributed by atoms with van der Waals surface area (Å²) in [5.74, 6) is 0.345. The molecule has 2 aromatic rings. The molecule has 1 aliphatic heterocycles. The number of rotatable bonds is 7. The van der Waals surface area contributed by atoms with Crippen LogP contribution < -0.4 is 0 Å². The largest absolute Gasteiger partial charge is 0.317 e. The van der Waals surface area contributed by atoms with Gasteiger partial charge >= 0.3 is 0 Å². The van der Waals surface area contributed by atoms with E-state index in [9.17, 15) is 8.42 Å². The van der Waals surface area contributed by atoms with Crippen molar-refractivity contribution in [3.63, 3.8) is 0 Å². The number of likely N-dealkylation sites (tertiary alicyclic amines) is 1. The summed E-state index contributed by atoms with van der Waals surface area (Å²) in [6.07, 6.45) is 8.13. The number of benzene rings is 1. The Morgan fingerprint density at radius 1 is 1.00 bits per heavy atom. The van der Waals surface area contributed by atoms with Crippen LogP contribution in [0.2, 0.25) is 0 Å². The minimum absolute atomic E-state index is 0.00783. The highest BCUT2D eigenvalue weighted by Gasteiger charge is 2.25. The first-order valence-electron chi connectivity index (χ1n) is 10.5. The van der Waals surface area contributed by atoms with Crippen molar-refractivity contribution in [1.82, 2.24) is 14.5 Å². The first-order valence-corrected chi connectivity index (χ1v) is 12.1. The lowest BCUT2D eigenvalue weighted by Gasteiger charge is -2.25. The lowest BCUT2D eigenvalue weighted by molar-refractivity contribution is 0.232. The fourth-order valence-electron chi connectivity index (χ4n) is 3.89. The Morgan fingerprint density at radius 3 is 2.29 bits per heavy atom. The first kappa shape index (κ1) is 21.1. The molecular weight excluding hydrogens is 370 g/mol. The molecule has 1 saturated heterocycles. The van der Waals surface area contributed by atoms with Crippen LogP contribution >= 0.6 is 0 Å². The summed E-state index contributed by atoms with van der Waals surface area (Å²) < 4.78 is 28.2. The Labute approximate surface area is 169 Å². The number of imidazole rings is 1. The van der Waals surface area contributed by atoms with Crippen LogP contribution in [0.25, 0.3) is 0 Å². The molecular formula is C22H33N3O2S. The molecule has 0 amide bonds. The molecule has 154 valence electrons. The van der Waals surface area contributed by atoms with Crippen LogP contribution in [-0.2, 0) is 28.7 Å². The fraction of sp³-hybridized carbons (Fsp3) is 0.591. The van der Waals surface area contributed by atoms with Crippen LogP contribution in [0.1, 0.15) is 57.2 Å². The quantitative estimate of drug-likeness (QED) is 0.692. The van der Waals surface area contributed by atoms with E-state index in [-0.39, 0.29) is 10.9 Å². The van der Waals surface area contributed by atoms with Gasteiger partial charge in [0.25, 0.3) is 0 Å². The summed E-state index contributed by atoms with van der Waals surface area (Å²) in [5.41, 5.74) is 1.81. The average Bonchev–Trinajstić information content (AvgIpc) is 3.00. The zero-order chi connectivity index (χ0) is 20.0. The van der Waals surface area contributed by atoms with Crippen molar-refractivity contribution < 1.29 is 8.42 Å².